The van der Waals surface area contributed by atoms with Gasteiger partial charge in [0.05, 0.1) is 6.20 Å². The monoisotopic (exact) mass is 250 g/mol. The molecule has 0 aromatic carbocycles. The van der Waals surface area contributed by atoms with E-state index in [-0.39, 0.29) is 23.1 Å². The van der Waals surface area contributed by atoms with Crippen LogP contribution < -0.4 is 11.5 Å². The summed E-state index contributed by atoms with van der Waals surface area (Å²) >= 11 is 1.38. The van der Waals surface area contributed by atoms with Crippen LogP contribution in [0.4, 0.5) is 0 Å². The molecular weight excluding hydrogens is 234 g/mol. The third kappa shape index (κ3) is 4.25. The zero-order chi connectivity index (χ0) is 10.8. The second-order valence-corrected chi connectivity index (χ2v) is 5.32. The number of rotatable bonds is 2. The quantitative estimate of drug-likeness (QED) is 0.612. The number of oxazole rings is 1. The van der Waals surface area contributed by atoms with Crippen LogP contribution in [0, 0.1) is 5.41 Å². The molecule has 0 fully saturated rings. The number of hydrogen-bond donors (Lipinski definition) is 2. The first kappa shape index (κ1) is 14.5. The van der Waals surface area contributed by atoms with Gasteiger partial charge < -0.3 is 4.42 Å². The molecule has 4 N–H and O–H groups in total. The van der Waals surface area contributed by atoms with Crippen LogP contribution in [0.5, 0.6) is 0 Å². The molecule has 15 heavy (non-hydrogen) atoms. The fourth-order valence-corrected chi connectivity index (χ4v) is 1.94. The molecule has 1 unspecified atom stereocenters. The van der Waals surface area contributed by atoms with Crippen LogP contribution in [-0.4, -0.2) is 10.1 Å². The lowest BCUT2D eigenvalue weighted by Crippen LogP contribution is -2.29. The summed E-state index contributed by atoms with van der Waals surface area (Å²) in [4.78, 5) is 4.12. The molecule has 1 aromatic rings. The lowest BCUT2D eigenvalue weighted by Gasteiger charge is -2.16. The van der Waals surface area contributed by atoms with E-state index in [1.165, 1.54) is 11.4 Å². The van der Waals surface area contributed by atoms with Crippen LogP contribution in [0.3, 0.4) is 0 Å². The highest BCUT2D eigenvalue weighted by molar-refractivity contribution is 7.78. The Morgan fingerprint density at radius 2 is 2.07 bits per heavy atom. The minimum Gasteiger partial charge on any atom is -0.444 e. The number of nitrogens with two attached hydrogens (primary N) is 2. The van der Waals surface area contributed by atoms with Gasteiger partial charge in [0.2, 0.25) is 11.4 Å². The topological polar surface area (TPSA) is 78.1 Å². The number of halogens is 1. The van der Waals surface area contributed by atoms with Crippen molar-refractivity contribution in [3.8, 4) is 0 Å². The van der Waals surface area contributed by atoms with Gasteiger partial charge in [-0.15, -0.1) is 12.4 Å². The fraction of sp³-hybridized carbons (Fsp3) is 0.556. The summed E-state index contributed by atoms with van der Waals surface area (Å²) in [5.74, 6) is 0.663. The molecule has 4 nitrogen and oxygen atoms in total. The van der Waals surface area contributed by atoms with Gasteiger partial charge in [0.25, 0.3) is 11.1 Å². The van der Waals surface area contributed by atoms with E-state index in [2.05, 4.69) is 25.8 Å². The Balaban J connectivity index is 0.00000196. The first-order chi connectivity index (χ1) is 6.41. The van der Waals surface area contributed by atoms with Crippen molar-refractivity contribution in [2.75, 3.05) is 0 Å². The maximum atomic E-state index is 5.48. The van der Waals surface area contributed by atoms with Crippen molar-refractivity contribution >= 4 is 28.9 Å². The van der Waals surface area contributed by atoms with Crippen molar-refractivity contribution in [3.05, 3.63) is 18.4 Å². The Morgan fingerprint density at radius 1 is 1.47 bits per heavy atom. The van der Waals surface area contributed by atoms with E-state index >= 15 is 0 Å². The molecule has 1 atom stereocenters. The molecule has 0 bridgehead atoms. The maximum Gasteiger partial charge on any atom is 0.315 e. The SMILES string of the molecule is CC(C)(C)C([S+]=C(N)N)c1ncco1.Cl. The standard InChI is InChI=1S/C9H16N3OS.ClH/c1-9(2,3)6(14-8(10)11)7-12-4-5-13-7;/h4-6H,10-11H2,1-3H3;1H/q+1;. The summed E-state index contributed by atoms with van der Waals surface area (Å²) in [5, 5.41) is 0.380. The minimum absolute atomic E-state index is 0. The van der Waals surface area contributed by atoms with Crippen molar-refractivity contribution in [2.24, 2.45) is 16.9 Å². The molecular formula is C9H17ClN3OS+. The first-order valence-electron chi connectivity index (χ1n) is 4.35. The van der Waals surface area contributed by atoms with Crippen LogP contribution in [0.1, 0.15) is 31.9 Å². The van der Waals surface area contributed by atoms with Crippen LogP contribution in [0.25, 0.3) is 0 Å². The highest BCUT2D eigenvalue weighted by Crippen LogP contribution is 2.33. The molecule has 0 saturated carbocycles. The lowest BCUT2D eigenvalue weighted by molar-refractivity contribution is 0.346. The van der Waals surface area contributed by atoms with Crippen molar-refractivity contribution < 1.29 is 4.42 Å². The Kier molecular flexibility index (Phi) is 5.37. The molecule has 0 amide bonds. The lowest BCUT2D eigenvalue weighted by atomic mass is 9.92. The van der Waals surface area contributed by atoms with Crippen LogP contribution in [0.2, 0.25) is 0 Å². The van der Waals surface area contributed by atoms with E-state index in [0.29, 0.717) is 11.0 Å². The molecule has 0 aliphatic heterocycles. The Morgan fingerprint density at radius 3 is 2.40 bits per heavy atom. The summed E-state index contributed by atoms with van der Waals surface area (Å²) in [6.45, 7) is 6.29. The second kappa shape index (κ2) is 5.55. The largest absolute Gasteiger partial charge is 0.444 e. The van der Waals surface area contributed by atoms with E-state index < -0.39 is 0 Å². The Bertz CT molecular complexity index is 315. The highest BCUT2D eigenvalue weighted by atomic mass is 35.5. The van der Waals surface area contributed by atoms with Crippen molar-refractivity contribution in [2.45, 2.75) is 26.0 Å². The molecule has 6 heteroatoms. The number of aromatic nitrogens is 1. The van der Waals surface area contributed by atoms with E-state index in [4.69, 9.17) is 15.9 Å². The molecule has 0 spiro atoms. The van der Waals surface area contributed by atoms with Gasteiger partial charge >= 0.3 is 5.11 Å². The molecule has 1 heterocycles. The van der Waals surface area contributed by atoms with Crippen molar-refractivity contribution in [3.63, 3.8) is 0 Å². The normalized spacial score (nSPS) is 12.9. The predicted molar refractivity (Wildman–Crippen MR) is 66.7 cm³/mol. The first-order valence-corrected chi connectivity index (χ1v) is 5.23. The summed E-state index contributed by atoms with van der Waals surface area (Å²) in [5.41, 5.74) is 11.0. The van der Waals surface area contributed by atoms with E-state index in [0.717, 1.165) is 0 Å². The maximum absolute atomic E-state index is 5.48. The summed E-state index contributed by atoms with van der Waals surface area (Å²) in [6, 6.07) is 0. The van der Waals surface area contributed by atoms with Gasteiger partial charge in [-0.3, -0.25) is 0 Å². The van der Waals surface area contributed by atoms with Crippen LogP contribution in [-0.2, 0) is 11.4 Å². The molecule has 0 aliphatic rings. The fourth-order valence-electron chi connectivity index (χ4n) is 1.10. The van der Waals surface area contributed by atoms with Crippen LogP contribution in [0.15, 0.2) is 16.9 Å². The second-order valence-electron chi connectivity index (χ2n) is 4.14. The van der Waals surface area contributed by atoms with Gasteiger partial charge in [0.1, 0.15) is 6.26 Å². The summed E-state index contributed by atoms with van der Waals surface area (Å²) in [6.07, 6.45) is 3.18. The number of hydrogen-bond acceptors (Lipinski definition) is 2. The molecule has 86 valence electrons. The van der Waals surface area contributed by atoms with Gasteiger partial charge in [0.15, 0.2) is 0 Å². The van der Waals surface area contributed by atoms with Gasteiger partial charge in [-0.1, -0.05) is 20.8 Å². The van der Waals surface area contributed by atoms with Crippen LogP contribution >= 0.6 is 12.4 Å². The zero-order valence-electron chi connectivity index (χ0n) is 9.06. The Labute approximate surface area is 99.8 Å². The zero-order valence-corrected chi connectivity index (χ0v) is 10.7. The Hall–Kier alpha value is -0.490. The molecule has 0 radical (unpaired) electrons. The van der Waals surface area contributed by atoms with Crippen molar-refractivity contribution in [1.82, 2.24) is 4.98 Å². The van der Waals surface area contributed by atoms with Gasteiger partial charge in [0, 0.05) is 5.41 Å². The molecule has 0 saturated heterocycles. The van der Waals surface area contributed by atoms with Gasteiger partial charge in [-0.05, 0) is 0 Å². The van der Waals surface area contributed by atoms with E-state index in [9.17, 15) is 0 Å². The third-order valence-corrected chi connectivity index (χ3v) is 3.13. The van der Waals surface area contributed by atoms with E-state index in [1.54, 1.807) is 12.5 Å². The highest BCUT2D eigenvalue weighted by Gasteiger charge is 2.39. The molecule has 1 rings (SSSR count). The number of nitrogens with zero attached hydrogens (tertiary/aromatic N) is 1. The van der Waals surface area contributed by atoms with E-state index in [1.807, 2.05) is 0 Å². The smallest absolute Gasteiger partial charge is 0.315 e. The summed E-state index contributed by atoms with van der Waals surface area (Å²) in [7, 11) is 0. The predicted octanol–water partition coefficient (Wildman–Crippen LogP) is 1.27. The van der Waals surface area contributed by atoms with Crippen molar-refractivity contribution in [1.29, 1.82) is 0 Å². The van der Waals surface area contributed by atoms with Gasteiger partial charge in [-0.25, -0.2) is 16.5 Å². The third-order valence-electron chi connectivity index (χ3n) is 1.72. The minimum atomic E-state index is -0.000486. The summed E-state index contributed by atoms with van der Waals surface area (Å²) < 4.78 is 5.27. The average molecular weight is 251 g/mol. The molecule has 1 aromatic heterocycles. The molecule has 0 aliphatic carbocycles. The average Bonchev–Trinajstić information content (AvgIpc) is 2.49. The van der Waals surface area contributed by atoms with Gasteiger partial charge in [-0.2, -0.15) is 0 Å².